The number of aromatic nitrogens is 1. The minimum atomic E-state index is 0.257. The van der Waals surface area contributed by atoms with Crippen LogP contribution in [-0.4, -0.2) is 29.4 Å². The van der Waals surface area contributed by atoms with E-state index in [0.717, 1.165) is 32.2 Å². The topological polar surface area (TPSA) is 33.2 Å². The highest BCUT2D eigenvalue weighted by molar-refractivity contribution is 5.75. The molecule has 0 fully saturated rings. The van der Waals surface area contributed by atoms with Crippen molar-refractivity contribution in [2.75, 3.05) is 13.6 Å². The molecule has 3 nitrogen and oxygen atoms in total. The maximum absolute atomic E-state index is 11.8. The van der Waals surface area contributed by atoms with E-state index in [9.17, 15) is 4.79 Å². The Kier molecular flexibility index (Phi) is 6.30. The van der Waals surface area contributed by atoms with Crippen LogP contribution in [0.3, 0.4) is 0 Å². The lowest BCUT2D eigenvalue weighted by atomic mass is 10.1. The molecule has 17 heavy (non-hydrogen) atoms. The maximum atomic E-state index is 11.8. The molecular weight excluding hydrogens is 212 g/mol. The fourth-order valence-corrected chi connectivity index (χ4v) is 1.70. The number of hydrogen-bond donors (Lipinski definition) is 0. The lowest BCUT2D eigenvalue weighted by Crippen LogP contribution is -2.27. The van der Waals surface area contributed by atoms with Gasteiger partial charge >= 0.3 is 0 Å². The van der Waals surface area contributed by atoms with Crippen molar-refractivity contribution < 1.29 is 4.79 Å². The van der Waals surface area contributed by atoms with Crippen LogP contribution >= 0.6 is 0 Å². The highest BCUT2D eigenvalue weighted by atomic mass is 16.2. The van der Waals surface area contributed by atoms with Gasteiger partial charge in [0.1, 0.15) is 0 Å². The van der Waals surface area contributed by atoms with Crippen LogP contribution in [0, 0.1) is 0 Å². The standard InChI is InChI=1S/C14H22N2O/c1-3-4-12-16(2)14(17)7-5-6-13-8-10-15-11-9-13/h8-11H,3-7,12H2,1-2H3. The Labute approximate surface area is 104 Å². The molecule has 0 aliphatic rings. The number of pyridine rings is 1. The number of unbranched alkanes of at least 4 members (excludes halogenated alkanes) is 1. The summed E-state index contributed by atoms with van der Waals surface area (Å²) in [6, 6.07) is 4.01. The molecule has 3 heteroatoms. The van der Waals surface area contributed by atoms with Crippen molar-refractivity contribution >= 4 is 5.91 Å². The molecule has 0 bridgehead atoms. The van der Waals surface area contributed by atoms with Gasteiger partial charge in [-0.25, -0.2) is 0 Å². The summed E-state index contributed by atoms with van der Waals surface area (Å²) in [6.07, 6.45) is 8.33. The highest BCUT2D eigenvalue weighted by Crippen LogP contribution is 2.05. The summed E-state index contributed by atoms with van der Waals surface area (Å²) >= 11 is 0. The molecule has 1 aromatic heterocycles. The summed E-state index contributed by atoms with van der Waals surface area (Å²) in [5.41, 5.74) is 1.25. The lowest BCUT2D eigenvalue weighted by Gasteiger charge is -2.16. The molecule has 0 unspecified atom stereocenters. The van der Waals surface area contributed by atoms with Crippen molar-refractivity contribution in [3.63, 3.8) is 0 Å². The van der Waals surface area contributed by atoms with Gasteiger partial charge in [0.2, 0.25) is 5.91 Å². The zero-order valence-electron chi connectivity index (χ0n) is 10.9. The van der Waals surface area contributed by atoms with Crippen molar-refractivity contribution in [1.82, 2.24) is 9.88 Å². The van der Waals surface area contributed by atoms with Crippen molar-refractivity contribution in [2.45, 2.75) is 39.0 Å². The fraction of sp³-hybridized carbons (Fsp3) is 0.571. The normalized spacial score (nSPS) is 10.2. The average molecular weight is 234 g/mol. The number of rotatable bonds is 7. The molecule has 1 amide bonds. The molecule has 0 aromatic carbocycles. The summed E-state index contributed by atoms with van der Waals surface area (Å²) in [5.74, 6) is 0.257. The van der Waals surface area contributed by atoms with Gasteiger partial charge in [0.25, 0.3) is 0 Å². The fourth-order valence-electron chi connectivity index (χ4n) is 1.70. The van der Waals surface area contributed by atoms with Gasteiger partial charge in [-0.15, -0.1) is 0 Å². The smallest absolute Gasteiger partial charge is 0.222 e. The molecule has 1 heterocycles. The quantitative estimate of drug-likeness (QED) is 0.726. The summed E-state index contributed by atoms with van der Waals surface area (Å²) in [7, 11) is 1.89. The van der Waals surface area contributed by atoms with E-state index in [4.69, 9.17) is 0 Å². The minimum absolute atomic E-state index is 0.257. The van der Waals surface area contributed by atoms with Crippen LogP contribution in [0.5, 0.6) is 0 Å². The molecule has 94 valence electrons. The van der Waals surface area contributed by atoms with Crippen LogP contribution < -0.4 is 0 Å². The Morgan fingerprint density at radius 3 is 2.65 bits per heavy atom. The van der Waals surface area contributed by atoms with Crippen molar-refractivity contribution in [3.8, 4) is 0 Å². The molecule has 0 atom stereocenters. The molecule has 0 aliphatic heterocycles. The molecule has 0 N–H and O–H groups in total. The van der Waals surface area contributed by atoms with Crippen LogP contribution in [-0.2, 0) is 11.2 Å². The molecule has 0 saturated carbocycles. The van der Waals surface area contributed by atoms with E-state index in [1.165, 1.54) is 5.56 Å². The average Bonchev–Trinajstić information content (AvgIpc) is 2.37. The second kappa shape index (κ2) is 7.82. The van der Waals surface area contributed by atoms with Crippen LogP contribution in [0.1, 0.15) is 38.2 Å². The largest absolute Gasteiger partial charge is 0.346 e. The van der Waals surface area contributed by atoms with E-state index in [1.54, 1.807) is 12.4 Å². The van der Waals surface area contributed by atoms with Gasteiger partial charge in [-0.1, -0.05) is 13.3 Å². The Hall–Kier alpha value is -1.38. The highest BCUT2D eigenvalue weighted by Gasteiger charge is 2.07. The zero-order valence-corrected chi connectivity index (χ0v) is 10.9. The van der Waals surface area contributed by atoms with E-state index in [2.05, 4.69) is 11.9 Å². The first-order valence-corrected chi connectivity index (χ1v) is 6.37. The molecule has 0 spiro atoms. The summed E-state index contributed by atoms with van der Waals surface area (Å²) in [6.45, 7) is 3.02. The first kappa shape index (κ1) is 13.7. The zero-order chi connectivity index (χ0) is 12.5. The molecule has 0 saturated heterocycles. The van der Waals surface area contributed by atoms with Gasteiger partial charge in [-0.05, 0) is 37.0 Å². The summed E-state index contributed by atoms with van der Waals surface area (Å²) in [5, 5.41) is 0. The van der Waals surface area contributed by atoms with Crippen LogP contribution in [0.15, 0.2) is 24.5 Å². The lowest BCUT2D eigenvalue weighted by molar-refractivity contribution is -0.130. The summed E-state index contributed by atoms with van der Waals surface area (Å²) in [4.78, 5) is 17.6. The number of amides is 1. The molecular formula is C14H22N2O. The number of hydrogen-bond acceptors (Lipinski definition) is 2. The van der Waals surface area contributed by atoms with Gasteiger partial charge in [0.05, 0.1) is 0 Å². The van der Waals surface area contributed by atoms with E-state index in [-0.39, 0.29) is 5.91 Å². The first-order chi connectivity index (χ1) is 8.24. The van der Waals surface area contributed by atoms with Crippen molar-refractivity contribution in [1.29, 1.82) is 0 Å². The number of nitrogens with zero attached hydrogens (tertiary/aromatic N) is 2. The van der Waals surface area contributed by atoms with Gasteiger partial charge < -0.3 is 4.90 Å². The van der Waals surface area contributed by atoms with Crippen LogP contribution in [0.25, 0.3) is 0 Å². The van der Waals surface area contributed by atoms with E-state index in [1.807, 2.05) is 24.1 Å². The van der Waals surface area contributed by atoms with Gasteiger partial charge in [-0.2, -0.15) is 0 Å². The van der Waals surface area contributed by atoms with E-state index < -0.39 is 0 Å². The van der Waals surface area contributed by atoms with Gasteiger partial charge in [0.15, 0.2) is 0 Å². The third-order valence-electron chi connectivity index (χ3n) is 2.88. The van der Waals surface area contributed by atoms with Crippen molar-refractivity contribution in [2.24, 2.45) is 0 Å². The Balaban J connectivity index is 2.20. The molecule has 0 radical (unpaired) electrons. The number of carbonyl (C=O) groups is 1. The Morgan fingerprint density at radius 1 is 1.29 bits per heavy atom. The second-order valence-corrected chi connectivity index (χ2v) is 4.38. The first-order valence-electron chi connectivity index (χ1n) is 6.37. The Morgan fingerprint density at radius 2 is 2.00 bits per heavy atom. The van der Waals surface area contributed by atoms with Gasteiger partial charge in [-0.3, -0.25) is 9.78 Å². The SMILES string of the molecule is CCCCN(C)C(=O)CCCc1ccncc1. The Bertz CT molecular complexity index is 324. The molecule has 0 aliphatic carbocycles. The van der Waals surface area contributed by atoms with Crippen LogP contribution in [0.4, 0.5) is 0 Å². The monoisotopic (exact) mass is 234 g/mol. The van der Waals surface area contributed by atoms with Crippen molar-refractivity contribution in [3.05, 3.63) is 30.1 Å². The van der Waals surface area contributed by atoms with Gasteiger partial charge in [0, 0.05) is 32.4 Å². The van der Waals surface area contributed by atoms with Crippen LogP contribution in [0.2, 0.25) is 0 Å². The van der Waals surface area contributed by atoms with E-state index in [0.29, 0.717) is 6.42 Å². The predicted molar refractivity (Wildman–Crippen MR) is 69.7 cm³/mol. The molecule has 1 aromatic rings. The number of carbonyl (C=O) groups excluding carboxylic acids is 1. The van der Waals surface area contributed by atoms with E-state index >= 15 is 0 Å². The third-order valence-corrected chi connectivity index (χ3v) is 2.88. The molecule has 1 rings (SSSR count). The predicted octanol–water partition coefficient (Wildman–Crippen LogP) is 2.66. The third kappa shape index (κ3) is 5.48. The summed E-state index contributed by atoms with van der Waals surface area (Å²) < 4.78 is 0. The maximum Gasteiger partial charge on any atom is 0.222 e. The number of aryl methyl sites for hydroxylation is 1. The second-order valence-electron chi connectivity index (χ2n) is 4.38. The minimum Gasteiger partial charge on any atom is -0.346 e.